The summed E-state index contributed by atoms with van der Waals surface area (Å²) in [4.78, 5) is 11.2. The minimum absolute atomic E-state index is 0.0640. The highest BCUT2D eigenvalue weighted by Crippen LogP contribution is 2.30. The van der Waals surface area contributed by atoms with Crippen molar-refractivity contribution < 1.29 is 13.9 Å². The molecule has 15 heavy (non-hydrogen) atoms. The van der Waals surface area contributed by atoms with E-state index in [-0.39, 0.29) is 17.2 Å². The van der Waals surface area contributed by atoms with E-state index >= 15 is 0 Å². The third kappa shape index (κ3) is 2.19. The molecule has 4 heteroatoms. The Hall–Kier alpha value is -0.930. The lowest BCUT2D eigenvalue weighted by molar-refractivity contribution is -0.128. The number of hydrogen-bond donors (Lipinski definition) is 0. The third-order valence-corrected chi connectivity index (χ3v) is 2.73. The van der Waals surface area contributed by atoms with Crippen molar-refractivity contribution in [3.63, 3.8) is 0 Å². The van der Waals surface area contributed by atoms with Gasteiger partial charge in [0.15, 0.2) is 0 Å². The van der Waals surface area contributed by atoms with E-state index < -0.39 is 11.9 Å². The lowest BCUT2D eigenvalue weighted by atomic mass is 10.00. The summed E-state index contributed by atoms with van der Waals surface area (Å²) in [6, 6.07) is 4.73. The van der Waals surface area contributed by atoms with Gasteiger partial charge in [-0.3, -0.25) is 4.79 Å². The molecular weight excluding hydrogens is 219 g/mol. The predicted octanol–water partition coefficient (Wildman–Crippen LogP) is 2.90. The highest BCUT2D eigenvalue weighted by molar-refractivity contribution is 6.30. The molecule has 0 spiro atoms. The average Bonchev–Trinajstić information content (AvgIpc) is 2.22. The molecule has 1 fully saturated rings. The molecule has 1 aliphatic heterocycles. The molecule has 1 aliphatic rings. The van der Waals surface area contributed by atoms with Gasteiger partial charge < -0.3 is 4.74 Å². The minimum Gasteiger partial charge on any atom is -0.372 e. The molecule has 1 heterocycles. The summed E-state index contributed by atoms with van der Waals surface area (Å²) in [7, 11) is 0. The van der Waals surface area contributed by atoms with Gasteiger partial charge in [0.25, 0.3) is 0 Å². The van der Waals surface area contributed by atoms with Crippen molar-refractivity contribution in [2.75, 3.05) is 6.61 Å². The average molecular weight is 229 g/mol. The Labute approximate surface area is 92.0 Å². The van der Waals surface area contributed by atoms with Gasteiger partial charge in [-0.25, -0.2) is 4.39 Å². The second-order valence-electron chi connectivity index (χ2n) is 3.50. The molecule has 1 aromatic carbocycles. The summed E-state index contributed by atoms with van der Waals surface area (Å²) in [5.74, 6) is -0.385. The normalized spacial score (nSPS) is 21.7. The summed E-state index contributed by atoms with van der Waals surface area (Å²) in [6.45, 7) is 0.357. The van der Waals surface area contributed by atoms with E-state index in [9.17, 15) is 9.18 Å². The molecule has 1 unspecified atom stereocenters. The number of carbonyl (C=O) groups excluding carboxylic acids is 1. The summed E-state index contributed by atoms with van der Waals surface area (Å²) in [6.07, 6.45) is 0.167. The smallest absolute Gasteiger partial charge is 0.147 e. The molecule has 1 aromatic rings. The van der Waals surface area contributed by atoms with E-state index in [1.807, 2.05) is 0 Å². The van der Waals surface area contributed by atoms with Crippen LogP contribution >= 0.6 is 11.6 Å². The first kappa shape index (κ1) is 10.6. The van der Waals surface area contributed by atoms with E-state index in [2.05, 4.69) is 0 Å². The predicted molar refractivity (Wildman–Crippen MR) is 54.3 cm³/mol. The van der Waals surface area contributed by atoms with Crippen LogP contribution in [0, 0.1) is 5.82 Å². The van der Waals surface area contributed by atoms with Gasteiger partial charge in [0.2, 0.25) is 0 Å². The molecule has 0 aromatic heterocycles. The highest BCUT2D eigenvalue weighted by Gasteiger charge is 2.24. The van der Waals surface area contributed by atoms with Crippen LogP contribution in [0.2, 0.25) is 5.02 Å². The van der Waals surface area contributed by atoms with Gasteiger partial charge in [-0.05, 0) is 6.07 Å². The fraction of sp³-hybridized carbons (Fsp3) is 0.364. The molecule has 0 saturated carbocycles. The lowest BCUT2D eigenvalue weighted by Gasteiger charge is -2.22. The van der Waals surface area contributed by atoms with Crippen molar-refractivity contribution in [1.82, 2.24) is 0 Å². The van der Waals surface area contributed by atoms with Gasteiger partial charge in [0.05, 0.1) is 17.7 Å². The Bertz CT molecular complexity index is 392. The minimum atomic E-state index is -0.487. The van der Waals surface area contributed by atoms with Crippen LogP contribution in [0.5, 0.6) is 0 Å². The van der Waals surface area contributed by atoms with Crippen LogP contribution in [0.1, 0.15) is 24.5 Å². The molecular formula is C11H10ClFO2. The molecule has 2 nitrogen and oxygen atoms in total. The van der Waals surface area contributed by atoms with E-state index in [4.69, 9.17) is 16.3 Å². The SMILES string of the molecule is O=C1CCOC(c2cccc(Cl)c2F)C1. The van der Waals surface area contributed by atoms with Crippen molar-refractivity contribution in [2.45, 2.75) is 18.9 Å². The molecule has 1 atom stereocenters. The number of halogens is 2. The largest absolute Gasteiger partial charge is 0.372 e. The van der Waals surface area contributed by atoms with Crippen molar-refractivity contribution in [3.05, 3.63) is 34.6 Å². The molecule has 0 radical (unpaired) electrons. The summed E-state index contributed by atoms with van der Waals surface area (Å²) in [5.41, 5.74) is 0.371. The maximum Gasteiger partial charge on any atom is 0.147 e. The molecule has 1 saturated heterocycles. The van der Waals surface area contributed by atoms with Crippen molar-refractivity contribution in [3.8, 4) is 0 Å². The number of hydrogen-bond acceptors (Lipinski definition) is 2. The van der Waals surface area contributed by atoms with Gasteiger partial charge in [0.1, 0.15) is 11.6 Å². The Morgan fingerprint density at radius 2 is 2.27 bits per heavy atom. The zero-order valence-electron chi connectivity index (χ0n) is 8.00. The van der Waals surface area contributed by atoms with Crippen molar-refractivity contribution in [2.24, 2.45) is 0 Å². The van der Waals surface area contributed by atoms with Gasteiger partial charge in [-0.2, -0.15) is 0 Å². The van der Waals surface area contributed by atoms with Gasteiger partial charge in [-0.1, -0.05) is 23.7 Å². The Morgan fingerprint density at radius 3 is 3.00 bits per heavy atom. The van der Waals surface area contributed by atoms with E-state index in [0.717, 1.165) is 0 Å². The molecule has 0 bridgehead atoms. The molecule has 2 rings (SSSR count). The molecule has 0 aliphatic carbocycles. The van der Waals surface area contributed by atoms with Crippen LogP contribution in [-0.4, -0.2) is 12.4 Å². The third-order valence-electron chi connectivity index (χ3n) is 2.44. The maximum absolute atomic E-state index is 13.6. The topological polar surface area (TPSA) is 26.3 Å². The maximum atomic E-state index is 13.6. The standard InChI is InChI=1S/C11H10ClFO2/c12-9-3-1-2-8(11(9)13)10-6-7(14)4-5-15-10/h1-3,10H,4-6H2. The highest BCUT2D eigenvalue weighted by atomic mass is 35.5. The zero-order chi connectivity index (χ0) is 10.8. The number of Topliss-reactive ketones (excluding diaryl/α,β-unsaturated/α-hetero) is 1. The molecule has 80 valence electrons. The number of ether oxygens (including phenoxy) is 1. The second kappa shape index (κ2) is 4.29. The summed E-state index contributed by atoms with van der Waals surface area (Å²) < 4.78 is 18.9. The van der Waals surface area contributed by atoms with Crippen LogP contribution in [-0.2, 0) is 9.53 Å². The van der Waals surface area contributed by atoms with Crippen LogP contribution < -0.4 is 0 Å². The fourth-order valence-electron chi connectivity index (χ4n) is 1.65. The Balaban J connectivity index is 2.28. The first-order chi connectivity index (χ1) is 7.18. The van der Waals surface area contributed by atoms with E-state index in [0.29, 0.717) is 18.6 Å². The van der Waals surface area contributed by atoms with Crippen molar-refractivity contribution >= 4 is 17.4 Å². The zero-order valence-corrected chi connectivity index (χ0v) is 8.76. The second-order valence-corrected chi connectivity index (χ2v) is 3.90. The number of ketones is 1. The van der Waals surface area contributed by atoms with Gasteiger partial charge >= 0.3 is 0 Å². The van der Waals surface area contributed by atoms with Crippen LogP contribution in [0.3, 0.4) is 0 Å². The van der Waals surface area contributed by atoms with Crippen LogP contribution in [0.4, 0.5) is 4.39 Å². The molecule has 0 N–H and O–H groups in total. The van der Waals surface area contributed by atoms with E-state index in [1.54, 1.807) is 12.1 Å². The quantitative estimate of drug-likeness (QED) is 0.739. The summed E-state index contributed by atoms with van der Waals surface area (Å²) >= 11 is 5.65. The summed E-state index contributed by atoms with van der Waals surface area (Å²) in [5, 5.41) is 0.0640. The Kier molecular flexibility index (Phi) is 3.03. The van der Waals surface area contributed by atoms with Gasteiger partial charge in [0, 0.05) is 18.4 Å². The lowest BCUT2D eigenvalue weighted by Crippen LogP contribution is -2.20. The first-order valence-electron chi connectivity index (χ1n) is 4.75. The fourth-order valence-corrected chi connectivity index (χ4v) is 1.83. The number of rotatable bonds is 1. The number of carbonyl (C=O) groups is 1. The monoisotopic (exact) mass is 228 g/mol. The van der Waals surface area contributed by atoms with Crippen molar-refractivity contribution in [1.29, 1.82) is 0 Å². The van der Waals surface area contributed by atoms with E-state index in [1.165, 1.54) is 6.07 Å². The molecule has 0 amide bonds. The first-order valence-corrected chi connectivity index (χ1v) is 5.13. The van der Waals surface area contributed by atoms with Crippen LogP contribution in [0.25, 0.3) is 0 Å². The number of benzene rings is 1. The van der Waals surface area contributed by atoms with Gasteiger partial charge in [-0.15, -0.1) is 0 Å². The van der Waals surface area contributed by atoms with Crippen LogP contribution in [0.15, 0.2) is 18.2 Å². The Morgan fingerprint density at radius 1 is 1.47 bits per heavy atom.